The highest BCUT2D eigenvalue weighted by Crippen LogP contribution is 2.01. The van der Waals surface area contributed by atoms with Gasteiger partial charge >= 0.3 is 0 Å². The number of rotatable bonds is 71. The topological polar surface area (TPSA) is 406 Å². The van der Waals surface area contributed by atoms with E-state index in [2.05, 4.69) is 99.3 Å². The normalized spacial score (nSPS) is 12.8. The summed E-state index contributed by atoms with van der Waals surface area (Å²) in [6.45, 7) is 48.3. The van der Waals surface area contributed by atoms with Gasteiger partial charge in [-0.25, -0.2) is 0 Å². The zero-order valence-electron chi connectivity index (χ0n) is 53.4. The van der Waals surface area contributed by atoms with Crippen molar-refractivity contribution in [2.45, 2.75) is 13.0 Å². The minimum atomic E-state index is 0.334. The third kappa shape index (κ3) is 54.7. The van der Waals surface area contributed by atoms with Crippen molar-refractivity contribution < 1.29 is 0 Å². The Labute approximate surface area is 507 Å². The van der Waals surface area contributed by atoms with Gasteiger partial charge in [-0.15, -0.1) is 0 Å². The molecule has 0 saturated heterocycles. The number of hydrogen-bond donors (Lipinski definition) is 20. The van der Waals surface area contributed by atoms with Crippen molar-refractivity contribution in [1.82, 2.24) is 92.4 Å². The summed E-state index contributed by atoms with van der Waals surface area (Å²) in [6.07, 6.45) is 0. The van der Waals surface area contributed by atoms with Crippen LogP contribution in [0.15, 0.2) is 0 Å². The Morgan fingerprint density at radius 3 is 0.627 bits per heavy atom. The van der Waals surface area contributed by atoms with Gasteiger partial charge in [0.2, 0.25) is 0 Å². The molecule has 30 N–H and O–H groups in total. The monoisotopic (exact) mass is 1190 g/mol. The molecule has 0 aliphatic carbocycles. The number of nitrogens with one attached hydrogen (secondary N) is 10. The van der Waals surface area contributed by atoms with Gasteiger partial charge in [0, 0.05) is 353 Å². The molecule has 0 aromatic carbocycles. The number of nitrogens with zero attached hydrogens (tertiary/aromatic N) is 8. The second-order valence-electron chi connectivity index (χ2n) is 21.7. The Hall–Kier alpha value is -1.12. The van der Waals surface area contributed by atoms with E-state index < -0.39 is 0 Å². The molecular formula is C55H140N28. The van der Waals surface area contributed by atoms with Gasteiger partial charge in [0.15, 0.2) is 0 Å². The summed E-state index contributed by atoms with van der Waals surface area (Å²) >= 11 is 0. The van der Waals surface area contributed by atoms with Crippen molar-refractivity contribution in [2.75, 3.05) is 347 Å². The molecular weight excluding hydrogens is 1050 g/mol. The van der Waals surface area contributed by atoms with Crippen molar-refractivity contribution in [1.29, 1.82) is 0 Å². The quantitative estimate of drug-likeness (QED) is 0.0252. The van der Waals surface area contributed by atoms with Crippen molar-refractivity contribution in [3.05, 3.63) is 0 Å². The summed E-state index contributed by atoms with van der Waals surface area (Å²) in [7, 11) is 0. The largest absolute Gasteiger partial charge is 0.329 e. The van der Waals surface area contributed by atoms with E-state index in [1.54, 1.807) is 0 Å². The molecule has 0 spiro atoms. The van der Waals surface area contributed by atoms with Crippen molar-refractivity contribution in [3.63, 3.8) is 0 Å². The highest BCUT2D eigenvalue weighted by Gasteiger charge is 2.17. The maximum absolute atomic E-state index is 6.16. The van der Waals surface area contributed by atoms with E-state index in [0.717, 1.165) is 281 Å². The van der Waals surface area contributed by atoms with E-state index >= 15 is 0 Å². The van der Waals surface area contributed by atoms with Crippen LogP contribution in [-0.4, -0.2) is 392 Å². The highest BCUT2D eigenvalue weighted by atomic mass is 15.3. The Kier molecular flexibility index (Phi) is 64.4. The van der Waals surface area contributed by atoms with Crippen LogP contribution in [0.2, 0.25) is 0 Å². The molecule has 0 bridgehead atoms. The van der Waals surface area contributed by atoms with Gasteiger partial charge in [-0.2, -0.15) is 0 Å². The van der Waals surface area contributed by atoms with Gasteiger partial charge in [0.1, 0.15) is 0 Å². The molecule has 0 aromatic rings. The lowest BCUT2D eigenvalue weighted by Gasteiger charge is -2.33. The van der Waals surface area contributed by atoms with Crippen LogP contribution >= 0.6 is 0 Å². The van der Waals surface area contributed by atoms with Crippen LogP contribution in [0, 0.1) is 0 Å². The fourth-order valence-corrected chi connectivity index (χ4v) is 9.71. The van der Waals surface area contributed by atoms with Gasteiger partial charge in [-0.05, 0) is 6.92 Å². The maximum Gasteiger partial charge on any atom is 0.0167 e. The van der Waals surface area contributed by atoms with E-state index in [0.29, 0.717) is 71.5 Å². The minimum absolute atomic E-state index is 0.334. The first kappa shape index (κ1) is 81.9. The van der Waals surface area contributed by atoms with E-state index in [9.17, 15) is 0 Å². The predicted octanol–water partition coefficient (Wildman–Crippen LogP) is -10.7. The predicted molar refractivity (Wildman–Crippen MR) is 355 cm³/mol. The van der Waals surface area contributed by atoms with Crippen molar-refractivity contribution in [2.24, 2.45) is 57.3 Å². The average Bonchev–Trinajstić information content (AvgIpc) is 3.49. The van der Waals surface area contributed by atoms with Gasteiger partial charge in [-0.1, -0.05) is 0 Å². The van der Waals surface area contributed by atoms with E-state index in [1.807, 2.05) is 0 Å². The molecule has 1 atom stereocenters. The molecule has 0 heterocycles. The third-order valence-corrected chi connectivity index (χ3v) is 14.6. The first-order valence-corrected chi connectivity index (χ1v) is 32.7. The second kappa shape index (κ2) is 65.3. The summed E-state index contributed by atoms with van der Waals surface area (Å²) in [5.41, 5.74) is 58.9. The van der Waals surface area contributed by atoms with Crippen LogP contribution in [0.1, 0.15) is 6.92 Å². The average molecular weight is 1190 g/mol. The van der Waals surface area contributed by atoms with Crippen LogP contribution in [0.4, 0.5) is 0 Å². The molecule has 0 aliphatic rings. The Morgan fingerprint density at radius 2 is 0.373 bits per heavy atom. The molecule has 0 fully saturated rings. The third-order valence-electron chi connectivity index (χ3n) is 14.6. The Balaban J connectivity index is 6.33. The zero-order chi connectivity index (χ0) is 60.7. The van der Waals surface area contributed by atoms with Crippen LogP contribution in [0.3, 0.4) is 0 Å². The molecule has 1 unspecified atom stereocenters. The molecule has 0 radical (unpaired) electrons. The smallest absolute Gasteiger partial charge is 0.0167 e. The van der Waals surface area contributed by atoms with Crippen molar-refractivity contribution >= 4 is 0 Å². The molecule has 0 aliphatic heterocycles. The highest BCUT2D eigenvalue weighted by molar-refractivity contribution is 4.76. The molecule has 0 amide bonds. The zero-order valence-corrected chi connectivity index (χ0v) is 53.4. The first-order chi connectivity index (χ1) is 40.8. The van der Waals surface area contributed by atoms with Gasteiger partial charge in [0.25, 0.3) is 0 Å². The summed E-state index contributed by atoms with van der Waals surface area (Å²) < 4.78 is 0. The lowest BCUT2D eigenvalue weighted by molar-refractivity contribution is 0.152. The molecule has 0 saturated carbocycles. The van der Waals surface area contributed by atoms with Gasteiger partial charge < -0.3 is 111 Å². The minimum Gasteiger partial charge on any atom is -0.329 e. The Morgan fingerprint density at radius 1 is 0.193 bits per heavy atom. The Bertz CT molecular complexity index is 1230. The summed E-state index contributed by atoms with van der Waals surface area (Å²) in [5.74, 6) is 0. The van der Waals surface area contributed by atoms with E-state index in [1.165, 1.54) is 0 Å². The second-order valence-corrected chi connectivity index (χ2v) is 21.7. The standard InChI is InChI=1S/C55H140N28/c1-55(75-16-6-60)54-83(35-11-65)53-52-82(41-24-69-15-5-59)51-50-81(49-48-80(42-28-71-20-18-67-13-3-57)47-44-77(33-9-63)34-10-64)43-30-74-29-40-79(39-27-73-22-21-72-25-36-76(31-7-61)32-8-62)46-45-78(37-23-68-14-4-58)38-26-70-19-17-66-12-2-56/h55,66-75H,2-54,56-65H2,1H3. The van der Waals surface area contributed by atoms with Crippen LogP contribution in [0.5, 0.6) is 0 Å². The summed E-state index contributed by atoms with van der Waals surface area (Å²) in [5, 5.41) is 36.0. The number of nitrogens with two attached hydrogens (primary N) is 10. The molecule has 0 aromatic heterocycles. The molecule has 83 heavy (non-hydrogen) atoms. The maximum atomic E-state index is 6.16. The van der Waals surface area contributed by atoms with Gasteiger partial charge in [0.05, 0.1) is 0 Å². The molecule has 28 nitrogen and oxygen atoms in total. The molecule has 0 rings (SSSR count). The summed E-state index contributed by atoms with van der Waals surface area (Å²) in [4.78, 5) is 20.4. The fraction of sp³-hybridized carbons (Fsp3) is 1.00. The van der Waals surface area contributed by atoms with Crippen LogP contribution < -0.4 is 111 Å². The summed E-state index contributed by atoms with van der Waals surface area (Å²) in [6, 6.07) is 0.334. The lowest BCUT2D eigenvalue weighted by Crippen LogP contribution is -2.48. The van der Waals surface area contributed by atoms with E-state index in [-0.39, 0.29) is 0 Å². The fourth-order valence-electron chi connectivity index (χ4n) is 9.71. The molecule has 500 valence electrons. The number of hydrogen-bond acceptors (Lipinski definition) is 28. The first-order valence-electron chi connectivity index (χ1n) is 32.7. The molecule has 28 heteroatoms. The van der Waals surface area contributed by atoms with Gasteiger partial charge in [-0.3, -0.25) is 39.2 Å². The van der Waals surface area contributed by atoms with Crippen LogP contribution in [-0.2, 0) is 0 Å². The van der Waals surface area contributed by atoms with Crippen LogP contribution in [0.25, 0.3) is 0 Å². The SMILES string of the molecule is CC(CN(CCN)CCN(CCNCCN)CCN(CCNCCN(CCNCCNCCN(CCN)CCN)CCN(CCNCCN)CCNCCNCCN)CCN(CCNCCNCCN)CCN(CCN)CCN)NCCN. The lowest BCUT2D eigenvalue weighted by atomic mass is 10.3. The van der Waals surface area contributed by atoms with E-state index in [4.69, 9.17) is 57.3 Å². The van der Waals surface area contributed by atoms with Crippen molar-refractivity contribution in [3.8, 4) is 0 Å².